The second kappa shape index (κ2) is 4.24. The van der Waals surface area contributed by atoms with Crippen molar-refractivity contribution in [3.63, 3.8) is 0 Å². The number of halogens is 1. The lowest BCUT2D eigenvalue weighted by atomic mass is 10.0. The quantitative estimate of drug-likeness (QED) is 0.792. The Morgan fingerprint density at radius 3 is 2.20 bits per heavy atom. The van der Waals surface area contributed by atoms with Gasteiger partial charge in [-0.15, -0.1) is 0 Å². The summed E-state index contributed by atoms with van der Waals surface area (Å²) in [6.45, 7) is 0.538. The second-order valence-corrected chi connectivity index (χ2v) is 3.33. The number of hydrogen-bond acceptors (Lipinski definition) is 1. The number of benzene rings is 2. The predicted octanol–water partition coefficient (Wildman–Crippen LogP) is 2.75. The Kier molecular flexibility index (Phi) is 2.79. The summed E-state index contributed by atoms with van der Waals surface area (Å²) < 4.78 is 12.6. The lowest BCUT2D eigenvalue weighted by molar-refractivity contribution is 0.626. The predicted molar refractivity (Wildman–Crippen MR) is 58.6 cm³/mol. The minimum Gasteiger partial charge on any atom is -0.326 e. The van der Waals surface area contributed by atoms with Crippen molar-refractivity contribution < 1.29 is 4.39 Å². The van der Waals surface area contributed by atoms with Gasteiger partial charge in [-0.2, -0.15) is 0 Å². The van der Waals surface area contributed by atoms with E-state index in [-0.39, 0.29) is 5.82 Å². The molecule has 0 atom stereocenters. The lowest BCUT2D eigenvalue weighted by Crippen LogP contribution is -1.95. The van der Waals surface area contributed by atoms with E-state index < -0.39 is 0 Å². The highest BCUT2D eigenvalue weighted by molar-refractivity contribution is 5.63. The van der Waals surface area contributed by atoms with Crippen LogP contribution in [0.5, 0.6) is 0 Å². The normalized spacial score (nSPS) is 10.3. The molecule has 2 aromatic rings. The maximum atomic E-state index is 12.6. The third kappa shape index (κ3) is 2.22. The average molecular weight is 200 g/mol. The fourth-order valence-electron chi connectivity index (χ4n) is 1.42. The second-order valence-electron chi connectivity index (χ2n) is 3.33. The Labute approximate surface area is 88.4 Å². The summed E-state index contributed by atoms with van der Waals surface area (Å²) in [5, 5.41) is 0. The standard InChI is InChI=1S/C13H11FN/c14-13-7-5-12(6-8-13)11-3-1-10(9-15)2-4-11/h1-7H,9,15H2. The molecule has 1 radical (unpaired) electrons. The van der Waals surface area contributed by atoms with Crippen molar-refractivity contribution in [2.45, 2.75) is 6.54 Å². The summed E-state index contributed by atoms with van der Waals surface area (Å²) >= 11 is 0. The van der Waals surface area contributed by atoms with Crippen molar-refractivity contribution in [1.82, 2.24) is 0 Å². The number of nitrogens with two attached hydrogens (primary N) is 1. The molecule has 2 aromatic carbocycles. The molecule has 0 fully saturated rings. The van der Waals surface area contributed by atoms with E-state index >= 15 is 0 Å². The summed E-state index contributed by atoms with van der Waals surface area (Å²) in [6.07, 6.45) is 0. The Balaban J connectivity index is 2.33. The largest absolute Gasteiger partial charge is 0.326 e. The van der Waals surface area contributed by atoms with Gasteiger partial charge in [-0.05, 0) is 28.8 Å². The molecule has 0 aliphatic carbocycles. The summed E-state index contributed by atoms with van der Waals surface area (Å²) in [5.41, 5.74) is 8.59. The van der Waals surface area contributed by atoms with E-state index in [2.05, 4.69) is 6.07 Å². The molecule has 75 valence electrons. The van der Waals surface area contributed by atoms with E-state index in [1.165, 1.54) is 6.07 Å². The highest BCUT2D eigenvalue weighted by Crippen LogP contribution is 2.19. The van der Waals surface area contributed by atoms with Crippen LogP contribution in [0.2, 0.25) is 0 Å². The first kappa shape index (κ1) is 9.87. The Morgan fingerprint density at radius 1 is 1.00 bits per heavy atom. The van der Waals surface area contributed by atoms with Gasteiger partial charge in [0.15, 0.2) is 0 Å². The topological polar surface area (TPSA) is 26.0 Å². The van der Waals surface area contributed by atoms with Crippen LogP contribution in [0.1, 0.15) is 5.56 Å². The van der Waals surface area contributed by atoms with E-state index in [0.717, 1.165) is 16.7 Å². The molecule has 0 aliphatic rings. The molecule has 0 amide bonds. The highest BCUT2D eigenvalue weighted by Gasteiger charge is 1.97. The smallest absolute Gasteiger partial charge is 0.131 e. The van der Waals surface area contributed by atoms with Crippen molar-refractivity contribution in [2.75, 3.05) is 0 Å². The van der Waals surface area contributed by atoms with Crippen LogP contribution in [0.25, 0.3) is 11.1 Å². The fraction of sp³-hybridized carbons (Fsp3) is 0.0769. The maximum absolute atomic E-state index is 12.6. The minimum absolute atomic E-state index is 0.336. The van der Waals surface area contributed by atoms with E-state index in [4.69, 9.17) is 5.73 Å². The zero-order chi connectivity index (χ0) is 10.7. The molecule has 15 heavy (non-hydrogen) atoms. The number of hydrogen-bond donors (Lipinski definition) is 1. The molecule has 0 spiro atoms. The van der Waals surface area contributed by atoms with Gasteiger partial charge in [0.2, 0.25) is 0 Å². The molecule has 0 saturated carbocycles. The summed E-state index contributed by atoms with van der Waals surface area (Å²) in [4.78, 5) is 0. The van der Waals surface area contributed by atoms with Gasteiger partial charge in [-0.3, -0.25) is 0 Å². The molecular weight excluding hydrogens is 189 g/mol. The Bertz CT molecular complexity index is 431. The molecule has 0 heterocycles. The molecule has 0 aliphatic heterocycles. The molecule has 0 bridgehead atoms. The SMILES string of the molecule is NCc1ccc(-c2c[c]c(F)cc2)cc1. The van der Waals surface area contributed by atoms with Gasteiger partial charge in [-0.1, -0.05) is 30.3 Å². The molecule has 2 heteroatoms. The molecule has 1 nitrogen and oxygen atoms in total. The van der Waals surface area contributed by atoms with E-state index in [1.54, 1.807) is 12.1 Å². The lowest BCUT2D eigenvalue weighted by Gasteiger charge is -2.02. The first-order valence-corrected chi connectivity index (χ1v) is 4.76. The zero-order valence-corrected chi connectivity index (χ0v) is 8.20. The van der Waals surface area contributed by atoms with E-state index in [0.29, 0.717) is 6.54 Å². The fourth-order valence-corrected chi connectivity index (χ4v) is 1.42. The van der Waals surface area contributed by atoms with Crippen molar-refractivity contribution in [2.24, 2.45) is 5.73 Å². The third-order valence-electron chi connectivity index (χ3n) is 2.30. The summed E-state index contributed by atoms with van der Waals surface area (Å²) in [7, 11) is 0. The van der Waals surface area contributed by atoms with Crippen LogP contribution < -0.4 is 5.73 Å². The van der Waals surface area contributed by atoms with Gasteiger partial charge in [0.25, 0.3) is 0 Å². The highest BCUT2D eigenvalue weighted by atomic mass is 19.1. The van der Waals surface area contributed by atoms with Gasteiger partial charge >= 0.3 is 0 Å². The van der Waals surface area contributed by atoms with Crippen LogP contribution >= 0.6 is 0 Å². The Morgan fingerprint density at radius 2 is 1.67 bits per heavy atom. The van der Waals surface area contributed by atoms with Crippen LogP contribution in [0.4, 0.5) is 4.39 Å². The number of rotatable bonds is 2. The minimum atomic E-state index is -0.336. The molecule has 0 saturated heterocycles. The first-order valence-electron chi connectivity index (χ1n) is 4.76. The van der Waals surface area contributed by atoms with Gasteiger partial charge in [0.1, 0.15) is 5.82 Å². The monoisotopic (exact) mass is 200 g/mol. The van der Waals surface area contributed by atoms with E-state index in [1.807, 2.05) is 24.3 Å². The van der Waals surface area contributed by atoms with Gasteiger partial charge in [0, 0.05) is 12.6 Å². The molecular formula is C13H11FN. The summed E-state index contributed by atoms with van der Waals surface area (Å²) in [6, 6.07) is 15.2. The van der Waals surface area contributed by atoms with Gasteiger partial charge < -0.3 is 5.73 Å². The van der Waals surface area contributed by atoms with Crippen LogP contribution in [0.3, 0.4) is 0 Å². The van der Waals surface area contributed by atoms with Gasteiger partial charge in [-0.25, -0.2) is 4.39 Å². The van der Waals surface area contributed by atoms with Crippen molar-refractivity contribution in [3.05, 3.63) is 59.9 Å². The summed E-state index contributed by atoms with van der Waals surface area (Å²) in [5.74, 6) is -0.336. The van der Waals surface area contributed by atoms with Gasteiger partial charge in [0.05, 0.1) is 0 Å². The van der Waals surface area contributed by atoms with Crippen LogP contribution in [0, 0.1) is 11.9 Å². The van der Waals surface area contributed by atoms with E-state index in [9.17, 15) is 4.39 Å². The van der Waals surface area contributed by atoms with Crippen molar-refractivity contribution in [3.8, 4) is 11.1 Å². The molecule has 0 aromatic heterocycles. The first-order chi connectivity index (χ1) is 7.29. The average Bonchev–Trinajstić information content (AvgIpc) is 2.30. The Hall–Kier alpha value is -1.67. The third-order valence-corrected chi connectivity index (χ3v) is 2.30. The van der Waals surface area contributed by atoms with Crippen molar-refractivity contribution >= 4 is 0 Å². The molecule has 2 N–H and O–H groups in total. The molecule has 2 rings (SSSR count). The zero-order valence-electron chi connectivity index (χ0n) is 8.20. The maximum Gasteiger partial charge on any atom is 0.131 e. The van der Waals surface area contributed by atoms with Crippen molar-refractivity contribution in [1.29, 1.82) is 0 Å². The van der Waals surface area contributed by atoms with Crippen LogP contribution in [0.15, 0.2) is 42.5 Å². The van der Waals surface area contributed by atoms with Crippen LogP contribution in [-0.4, -0.2) is 0 Å². The van der Waals surface area contributed by atoms with Crippen LogP contribution in [-0.2, 0) is 6.54 Å². The molecule has 0 unspecified atom stereocenters.